The SMILES string of the molecule is COc1cc(-c2ncn(/C=C\C(O)OC(C)C)n2)cc(C(F)(F)F)c1. The van der Waals surface area contributed by atoms with Crippen LogP contribution in [-0.4, -0.2) is 39.4 Å². The van der Waals surface area contributed by atoms with E-state index in [9.17, 15) is 18.3 Å². The molecule has 0 aliphatic rings. The fourth-order valence-corrected chi connectivity index (χ4v) is 1.97. The number of hydrogen-bond donors (Lipinski definition) is 1. The van der Waals surface area contributed by atoms with Crippen LogP contribution >= 0.6 is 0 Å². The third-order valence-electron chi connectivity index (χ3n) is 3.05. The van der Waals surface area contributed by atoms with Crippen LogP contribution in [0.5, 0.6) is 5.75 Å². The van der Waals surface area contributed by atoms with Gasteiger partial charge in [0.1, 0.15) is 12.1 Å². The smallest absolute Gasteiger partial charge is 0.416 e. The Kier molecular flexibility index (Phi) is 5.81. The number of halogens is 3. The Morgan fingerprint density at radius 2 is 1.96 bits per heavy atom. The number of nitrogens with zero attached hydrogens (tertiary/aromatic N) is 3. The molecule has 0 aliphatic carbocycles. The van der Waals surface area contributed by atoms with Gasteiger partial charge < -0.3 is 14.6 Å². The van der Waals surface area contributed by atoms with Gasteiger partial charge in [-0.15, -0.1) is 5.10 Å². The fraction of sp³-hybridized carbons (Fsp3) is 0.375. The highest BCUT2D eigenvalue weighted by atomic mass is 19.4. The summed E-state index contributed by atoms with van der Waals surface area (Å²) in [6.45, 7) is 3.54. The topological polar surface area (TPSA) is 69.4 Å². The lowest BCUT2D eigenvalue weighted by molar-refractivity contribution is -0.137. The van der Waals surface area contributed by atoms with Crippen LogP contribution in [0.4, 0.5) is 13.2 Å². The quantitative estimate of drug-likeness (QED) is 0.804. The molecule has 0 bridgehead atoms. The molecule has 1 N–H and O–H groups in total. The Balaban J connectivity index is 2.26. The Hall–Kier alpha value is -2.39. The van der Waals surface area contributed by atoms with Crippen molar-refractivity contribution in [1.82, 2.24) is 14.8 Å². The number of benzene rings is 1. The minimum atomic E-state index is -4.51. The van der Waals surface area contributed by atoms with Gasteiger partial charge in [-0.3, -0.25) is 0 Å². The molecule has 0 amide bonds. The third kappa shape index (κ3) is 5.30. The second-order valence-corrected chi connectivity index (χ2v) is 5.41. The molecular weight excluding hydrogens is 339 g/mol. The first-order chi connectivity index (χ1) is 11.7. The zero-order chi connectivity index (χ0) is 18.6. The Morgan fingerprint density at radius 3 is 2.56 bits per heavy atom. The first-order valence-electron chi connectivity index (χ1n) is 7.38. The number of ether oxygens (including phenoxy) is 2. The average molecular weight is 357 g/mol. The van der Waals surface area contributed by atoms with Crippen molar-refractivity contribution < 1.29 is 27.8 Å². The monoisotopic (exact) mass is 357 g/mol. The molecule has 136 valence electrons. The first kappa shape index (κ1) is 18.9. The van der Waals surface area contributed by atoms with Gasteiger partial charge in [-0.25, -0.2) is 9.67 Å². The molecule has 25 heavy (non-hydrogen) atoms. The Morgan fingerprint density at radius 1 is 1.24 bits per heavy atom. The summed E-state index contributed by atoms with van der Waals surface area (Å²) in [6.07, 6.45) is -1.76. The number of aliphatic hydroxyl groups excluding tert-OH is 1. The van der Waals surface area contributed by atoms with Crippen LogP contribution in [0.1, 0.15) is 19.4 Å². The third-order valence-corrected chi connectivity index (χ3v) is 3.05. The van der Waals surface area contributed by atoms with Crippen molar-refractivity contribution >= 4 is 6.20 Å². The summed E-state index contributed by atoms with van der Waals surface area (Å²) in [5.74, 6) is 0.144. The van der Waals surface area contributed by atoms with E-state index >= 15 is 0 Å². The van der Waals surface area contributed by atoms with Gasteiger partial charge >= 0.3 is 6.18 Å². The lowest BCUT2D eigenvalue weighted by Crippen LogP contribution is -2.14. The lowest BCUT2D eigenvalue weighted by atomic mass is 10.1. The molecule has 0 fully saturated rings. The average Bonchev–Trinajstić information content (AvgIpc) is 3.00. The van der Waals surface area contributed by atoms with Crippen LogP contribution in [-0.2, 0) is 10.9 Å². The summed E-state index contributed by atoms with van der Waals surface area (Å²) in [5, 5.41) is 13.6. The van der Waals surface area contributed by atoms with Gasteiger partial charge in [0, 0.05) is 11.8 Å². The fourth-order valence-electron chi connectivity index (χ4n) is 1.97. The molecule has 0 radical (unpaired) electrons. The van der Waals surface area contributed by atoms with E-state index in [1.165, 1.54) is 36.5 Å². The van der Waals surface area contributed by atoms with Gasteiger partial charge in [-0.1, -0.05) is 0 Å². The molecule has 0 aliphatic heterocycles. The van der Waals surface area contributed by atoms with Gasteiger partial charge in [-0.2, -0.15) is 13.2 Å². The largest absolute Gasteiger partial charge is 0.497 e. The van der Waals surface area contributed by atoms with Crippen LogP contribution in [0.15, 0.2) is 30.6 Å². The zero-order valence-electron chi connectivity index (χ0n) is 13.9. The van der Waals surface area contributed by atoms with Gasteiger partial charge in [-0.05, 0) is 38.1 Å². The maximum Gasteiger partial charge on any atom is 0.416 e. The van der Waals surface area contributed by atoms with Crippen molar-refractivity contribution in [2.45, 2.75) is 32.4 Å². The van der Waals surface area contributed by atoms with E-state index in [1.54, 1.807) is 13.8 Å². The van der Waals surface area contributed by atoms with Gasteiger partial charge in [0.05, 0.1) is 18.8 Å². The highest BCUT2D eigenvalue weighted by molar-refractivity contribution is 5.59. The van der Waals surface area contributed by atoms with Crippen LogP contribution in [0, 0.1) is 0 Å². The van der Waals surface area contributed by atoms with E-state index in [4.69, 9.17) is 9.47 Å². The summed E-state index contributed by atoms with van der Waals surface area (Å²) >= 11 is 0. The van der Waals surface area contributed by atoms with E-state index < -0.39 is 18.0 Å². The van der Waals surface area contributed by atoms with E-state index in [0.717, 1.165) is 12.1 Å². The molecule has 1 heterocycles. The second-order valence-electron chi connectivity index (χ2n) is 5.41. The van der Waals surface area contributed by atoms with Crippen LogP contribution < -0.4 is 4.74 Å². The zero-order valence-corrected chi connectivity index (χ0v) is 13.9. The molecule has 0 saturated heterocycles. The summed E-state index contributed by atoms with van der Waals surface area (Å²) in [5.41, 5.74) is -0.688. The molecule has 1 atom stereocenters. The molecule has 1 aromatic heterocycles. The Bertz CT molecular complexity index is 742. The van der Waals surface area contributed by atoms with E-state index in [2.05, 4.69) is 10.1 Å². The standard InChI is InChI=1S/C16H18F3N3O3/c1-10(2)25-14(23)4-5-22-9-20-15(21-22)11-6-12(16(17,18)19)8-13(7-11)24-3/h4-10,14,23H,1-3H3/b5-4-. The maximum atomic E-state index is 13.0. The highest BCUT2D eigenvalue weighted by Crippen LogP contribution is 2.34. The molecule has 0 saturated carbocycles. The van der Waals surface area contributed by atoms with Crippen molar-refractivity contribution in [1.29, 1.82) is 0 Å². The highest BCUT2D eigenvalue weighted by Gasteiger charge is 2.31. The van der Waals surface area contributed by atoms with E-state index in [-0.39, 0.29) is 23.2 Å². The van der Waals surface area contributed by atoms with Gasteiger partial charge in [0.2, 0.25) is 0 Å². The molecule has 9 heteroatoms. The normalized spacial score (nSPS) is 13.6. The minimum absolute atomic E-state index is 0.0532. The molecular formula is C16H18F3N3O3. The molecule has 1 unspecified atom stereocenters. The number of aromatic nitrogens is 3. The summed E-state index contributed by atoms with van der Waals surface area (Å²) in [6, 6.07) is 3.26. The van der Waals surface area contributed by atoms with Crippen molar-refractivity contribution in [3.05, 3.63) is 36.2 Å². The Labute approximate surface area is 142 Å². The van der Waals surface area contributed by atoms with Gasteiger partial charge in [0.15, 0.2) is 12.1 Å². The summed E-state index contributed by atoms with van der Waals surface area (Å²) < 4.78 is 50.2. The second kappa shape index (κ2) is 7.66. The molecule has 0 spiro atoms. The van der Waals surface area contributed by atoms with Crippen LogP contribution in [0.25, 0.3) is 17.6 Å². The van der Waals surface area contributed by atoms with Crippen LogP contribution in [0.3, 0.4) is 0 Å². The van der Waals surface area contributed by atoms with E-state index in [0.29, 0.717) is 0 Å². The van der Waals surface area contributed by atoms with Gasteiger partial charge in [0.25, 0.3) is 0 Å². The number of aliphatic hydroxyl groups is 1. The predicted octanol–water partition coefficient (Wildman–Crippen LogP) is 3.19. The molecule has 6 nitrogen and oxygen atoms in total. The minimum Gasteiger partial charge on any atom is -0.497 e. The van der Waals surface area contributed by atoms with Crippen molar-refractivity contribution in [2.75, 3.05) is 7.11 Å². The first-order valence-corrected chi connectivity index (χ1v) is 7.38. The molecule has 2 aromatic rings. The van der Waals surface area contributed by atoms with Crippen molar-refractivity contribution in [3.8, 4) is 17.1 Å². The van der Waals surface area contributed by atoms with Crippen molar-refractivity contribution in [3.63, 3.8) is 0 Å². The predicted molar refractivity (Wildman–Crippen MR) is 84.6 cm³/mol. The van der Waals surface area contributed by atoms with E-state index in [1.807, 2.05) is 0 Å². The maximum absolute atomic E-state index is 13.0. The lowest BCUT2D eigenvalue weighted by Gasteiger charge is -2.10. The summed E-state index contributed by atoms with van der Waals surface area (Å²) in [7, 11) is 1.28. The summed E-state index contributed by atoms with van der Waals surface area (Å²) in [4.78, 5) is 3.98. The number of hydrogen-bond acceptors (Lipinski definition) is 5. The van der Waals surface area contributed by atoms with Crippen LogP contribution in [0.2, 0.25) is 0 Å². The number of rotatable bonds is 6. The number of methoxy groups -OCH3 is 1. The van der Waals surface area contributed by atoms with Crippen molar-refractivity contribution in [2.24, 2.45) is 0 Å². The molecule has 2 rings (SSSR count). The molecule has 1 aromatic carbocycles. The number of alkyl halides is 3.